The predicted octanol–water partition coefficient (Wildman–Crippen LogP) is 4.67. The number of nitrogens with zero attached hydrogens (tertiary/aromatic N) is 1. The highest BCUT2D eigenvalue weighted by Crippen LogP contribution is 2.28. The standard InChI is InChI=1S/C13H11Cl2N/c1-8-3-4-9(2)11(5-8)10-6-12(14)16-13(15)7-10/h3-7H,1-2H3. The molecule has 1 aromatic heterocycles. The average Bonchev–Trinajstić information content (AvgIpc) is 2.20. The molecule has 0 spiro atoms. The summed E-state index contributed by atoms with van der Waals surface area (Å²) in [6.45, 7) is 4.13. The van der Waals surface area contributed by atoms with E-state index < -0.39 is 0 Å². The maximum Gasteiger partial charge on any atom is 0.131 e. The van der Waals surface area contributed by atoms with Gasteiger partial charge < -0.3 is 0 Å². The molecule has 0 aliphatic heterocycles. The van der Waals surface area contributed by atoms with Crippen LogP contribution in [0.25, 0.3) is 11.1 Å². The highest BCUT2D eigenvalue weighted by Gasteiger charge is 2.05. The molecule has 0 unspecified atom stereocenters. The highest BCUT2D eigenvalue weighted by molar-refractivity contribution is 6.32. The van der Waals surface area contributed by atoms with Crippen LogP contribution in [0.15, 0.2) is 30.3 Å². The summed E-state index contributed by atoms with van der Waals surface area (Å²) in [4.78, 5) is 3.94. The van der Waals surface area contributed by atoms with Gasteiger partial charge in [0.15, 0.2) is 0 Å². The van der Waals surface area contributed by atoms with Gasteiger partial charge in [-0.2, -0.15) is 0 Å². The zero-order valence-corrected chi connectivity index (χ0v) is 10.6. The topological polar surface area (TPSA) is 12.9 Å². The van der Waals surface area contributed by atoms with Crippen LogP contribution in [-0.4, -0.2) is 4.98 Å². The number of aryl methyl sites for hydroxylation is 2. The first-order chi connectivity index (χ1) is 7.56. The van der Waals surface area contributed by atoms with Crippen LogP contribution in [-0.2, 0) is 0 Å². The van der Waals surface area contributed by atoms with E-state index in [1.165, 1.54) is 11.1 Å². The Morgan fingerprint density at radius 1 is 0.938 bits per heavy atom. The lowest BCUT2D eigenvalue weighted by atomic mass is 9.99. The van der Waals surface area contributed by atoms with Gasteiger partial charge in [0.2, 0.25) is 0 Å². The second kappa shape index (κ2) is 4.44. The van der Waals surface area contributed by atoms with E-state index in [-0.39, 0.29) is 0 Å². The molecule has 1 nitrogen and oxygen atoms in total. The summed E-state index contributed by atoms with van der Waals surface area (Å²) in [5.41, 5.74) is 4.56. The van der Waals surface area contributed by atoms with Crippen LogP contribution in [0, 0.1) is 13.8 Å². The number of hydrogen-bond donors (Lipinski definition) is 0. The Labute approximate surface area is 105 Å². The minimum absolute atomic E-state index is 0.420. The molecule has 0 radical (unpaired) electrons. The Bertz CT molecular complexity index is 515. The van der Waals surface area contributed by atoms with Crippen molar-refractivity contribution in [1.82, 2.24) is 4.98 Å². The molecule has 1 heterocycles. The molecule has 0 atom stereocenters. The van der Waals surface area contributed by atoms with Crippen LogP contribution in [0.2, 0.25) is 10.3 Å². The van der Waals surface area contributed by atoms with Gasteiger partial charge >= 0.3 is 0 Å². The lowest BCUT2D eigenvalue weighted by molar-refractivity contribution is 1.32. The van der Waals surface area contributed by atoms with Crippen molar-refractivity contribution >= 4 is 23.2 Å². The van der Waals surface area contributed by atoms with Crippen molar-refractivity contribution in [3.8, 4) is 11.1 Å². The van der Waals surface area contributed by atoms with E-state index in [2.05, 4.69) is 37.0 Å². The van der Waals surface area contributed by atoms with Crippen molar-refractivity contribution < 1.29 is 0 Å². The van der Waals surface area contributed by atoms with Crippen molar-refractivity contribution in [1.29, 1.82) is 0 Å². The Kier molecular flexibility index (Phi) is 3.17. The molecule has 0 saturated carbocycles. The van der Waals surface area contributed by atoms with Crippen LogP contribution < -0.4 is 0 Å². The van der Waals surface area contributed by atoms with E-state index in [9.17, 15) is 0 Å². The predicted molar refractivity (Wildman–Crippen MR) is 69.2 cm³/mol. The summed E-state index contributed by atoms with van der Waals surface area (Å²) in [5.74, 6) is 0. The first kappa shape index (κ1) is 11.4. The van der Waals surface area contributed by atoms with Crippen LogP contribution in [0.1, 0.15) is 11.1 Å². The second-order valence-corrected chi connectivity index (χ2v) is 4.59. The number of aromatic nitrogens is 1. The number of pyridine rings is 1. The van der Waals surface area contributed by atoms with Gasteiger partial charge in [0.1, 0.15) is 10.3 Å². The zero-order chi connectivity index (χ0) is 11.7. The van der Waals surface area contributed by atoms with Crippen LogP contribution >= 0.6 is 23.2 Å². The van der Waals surface area contributed by atoms with E-state index in [0.29, 0.717) is 10.3 Å². The van der Waals surface area contributed by atoms with Gasteiger partial charge in [-0.05, 0) is 42.7 Å². The first-order valence-corrected chi connectivity index (χ1v) is 5.72. The summed E-state index contributed by atoms with van der Waals surface area (Å²) in [6.07, 6.45) is 0. The van der Waals surface area contributed by atoms with Crippen molar-refractivity contribution in [3.05, 3.63) is 51.8 Å². The van der Waals surface area contributed by atoms with E-state index in [1.807, 2.05) is 12.1 Å². The summed E-state index contributed by atoms with van der Waals surface area (Å²) >= 11 is 11.8. The molecule has 3 heteroatoms. The fourth-order valence-corrected chi connectivity index (χ4v) is 2.13. The molecular weight excluding hydrogens is 241 g/mol. The molecule has 1 aromatic carbocycles. The Balaban J connectivity index is 2.62. The largest absolute Gasteiger partial charge is 0.224 e. The number of hydrogen-bond acceptors (Lipinski definition) is 1. The molecule has 16 heavy (non-hydrogen) atoms. The Morgan fingerprint density at radius 2 is 1.56 bits per heavy atom. The fraction of sp³-hybridized carbons (Fsp3) is 0.154. The van der Waals surface area contributed by atoms with Gasteiger partial charge in [0.25, 0.3) is 0 Å². The van der Waals surface area contributed by atoms with Crippen LogP contribution in [0.5, 0.6) is 0 Å². The van der Waals surface area contributed by atoms with Gasteiger partial charge in [-0.3, -0.25) is 0 Å². The fourth-order valence-electron chi connectivity index (χ4n) is 1.67. The van der Waals surface area contributed by atoms with Gasteiger partial charge in [-0.15, -0.1) is 0 Å². The maximum atomic E-state index is 5.90. The normalized spacial score (nSPS) is 10.5. The SMILES string of the molecule is Cc1ccc(C)c(-c2cc(Cl)nc(Cl)c2)c1. The molecule has 2 rings (SSSR count). The van der Waals surface area contributed by atoms with Crippen LogP contribution in [0.3, 0.4) is 0 Å². The number of halogens is 2. The third-order valence-corrected chi connectivity index (χ3v) is 2.85. The average molecular weight is 252 g/mol. The van der Waals surface area contributed by atoms with Gasteiger partial charge in [-0.25, -0.2) is 4.98 Å². The third-order valence-electron chi connectivity index (χ3n) is 2.47. The Morgan fingerprint density at radius 3 is 2.19 bits per heavy atom. The van der Waals surface area contributed by atoms with Gasteiger partial charge in [0, 0.05) is 0 Å². The minimum atomic E-state index is 0.420. The first-order valence-electron chi connectivity index (χ1n) is 4.97. The summed E-state index contributed by atoms with van der Waals surface area (Å²) in [5, 5.41) is 0.840. The maximum absolute atomic E-state index is 5.90. The molecule has 0 saturated heterocycles. The zero-order valence-electron chi connectivity index (χ0n) is 9.09. The number of rotatable bonds is 1. The summed E-state index contributed by atoms with van der Waals surface area (Å²) in [6, 6.07) is 9.96. The molecule has 0 fully saturated rings. The lowest BCUT2D eigenvalue weighted by Crippen LogP contribution is -1.87. The highest BCUT2D eigenvalue weighted by atomic mass is 35.5. The smallest absolute Gasteiger partial charge is 0.131 e. The van der Waals surface area contributed by atoms with E-state index in [1.54, 1.807) is 0 Å². The van der Waals surface area contributed by atoms with E-state index in [4.69, 9.17) is 23.2 Å². The molecule has 82 valence electrons. The second-order valence-electron chi connectivity index (χ2n) is 3.82. The number of benzene rings is 1. The molecule has 2 aromatic rings. The quantitative estimate of drug-likeness (QED) is 0.672. The van der Waals surface area contributed by atoms with E-state index in [0.717, 1.165) is 11.1 Å². The van der Waals surface area contributed by atoms with Crippen molar-refractivity contribution in [2.45, 2.75) is 13.8 Å². The van der Waals surface area contributed by atoms with Gasteiger partial charge in [0.05, 0.1) is 0 Å². The Hall–Kier alpha value is -1.05. The molecule has 0 amide bonds. The molecule has 0 bridgehead atoms. The minimum Gasteiger partial charge on any atom is -0.224 e. The van der Waals surface area contributed by atoms with E-state index >= 15 is 0 Å². The molecule has 0 N–H and O–H groups in total. The lowest BCUT2D eigenvalue weighted by Gasteiger charge is -2.08. The van der Waals surface area contributed by atoms with Crippen molar-refractivity contribution in [2.24, 2.45) is 0 Å². The summed E-state index contributed by atoms with van der Waals surface area (Å²) in [7, 11) is 0. The molecule has 0 aliphatic rings. The third kappa shape index (κ3) is 2.37. The molecule has 0 aliphatic carbocycles. The summed E-state index contributed by atoms with van der Waals surface area (Å²) < 4.78 is 0. The monoisotopic (exact) mass is 251 g/mol. The van der Waals surface area contributed by atoms with Crippen LogP contribution in [0.4, 0.5) is 0 Å². The van der Waals surface area contributed by atoms with Crippen molar-refractivity contribution in [3.63, 3.8) is 0 Å². The van der Waals surface area contributed by atoms with Crippen molar-refractivity contribution in [2.75, 3.05) is 0 Å². The van der Waals surface area contributed by atoms with Gasteiger partial charge in [-0.1, -0.05) is 47.0 Å². The molecular formula is C13H11Cl2N.